The number of aromatic nitrogens is 1. The van der Waals surface area contributed by atoms with Crippen LogP contribution in [0, 0.1) is 0 Å². The summed E-state index contributed by atoms with van der Waals surface area (Å²) in [5, 5.41) is 0.0573. The molecule has 0 aliphatic rings. The Morgan fingerprint density at radius 2 is 1.69 bits per heavy atom. The third kappa shape index (κ3) is 2.15. The highest BCUT2D eigenvalue weighted by Gasteiger charge is 2.17. The van der Waals surface area contributed by atoms with Gasteiger partial charge in [0.05, 0.1) is 4.90 Å². The average molecular weight is 298 g/mol. The van der Waals surface area contributed by atoms with Gasteiger partial charge in [-0.2, -0.15) is 0 Å². The number of hydrogen-bond donors (Lipinski definition) is 0. The second-order valence-corrected chi connectivity index (χ2v) is 5.94. The zero-order chi connectivity index (χ0) is 11.6. The van der Waals surface area contributed by atoms with Crippen molar-refractivity contribution < 1.29 is 8.42 Å². The van der Waals surface area contributed by atoms with Crippen LogP contribution < -0.4 is 0 Å². The molecule has 2 rings (SSSR count). The highest BCUT2D eigenvalue weighted by molar-refractivity contribution is 9.10. The van der Waals surface area contributed by atoms with Gasteiger partial charge in [-0.1, -0.05) is 18.2 Å². The normalized spacial score (nSPS) is 11.3. The second kappa shape index (κ2) is 4.35. The Bertz CT molecular complexity index is 579. The van der Waals surface area contributed by atoms with Crippen molar-refractivity contribution in [2.45, 2.75) is 9.92 Å². The molecule has 0 radical (unpaired) electrons. The zero-order valence-corrected chi connectivity index (χ0v) is 10.6. The number of pyridine rings is 1. The van der Waals surface area contributed by atoms with Crippen LogP contribution in [0.5, 0.6) is 0 Å². The monoisotopic (exact) mass is 297 g/mol. The molecular weight excluding hydrogens is 290 g/mol. The number of halogens is 1. The number of nitrogens with zero attached hydrogens (tertiary/aromatic N) is 1. The molecule has 3 nitrogen and oxygen atoms in total. The molecule has 0 unspecified atom stereocenters. The van der Waals surface area contributed by atoms with E-state index in [1.807, 2.05) is 0 Å². The summed E-state index contributed by atoms with van der Waals surface area (Å²) in [4.78, 5) is 4.15. The maximum atomic E-state index is 12.1. The Labute approximate surface area is 102 Å². The van der Waals surface area contributed by atoms with Crippen molar-refractivity contribution in [3.05, 3.63) is 53.1 Å². The third-order valence-corrected chi connectivity index (χ3v) is 4.18. The molecule has 2 aromatic rings. The molecule has 0 aliphatic carbocycles. The largest absolute Gasteiger partial charge is 0.243 e. The lowest BCUT2D eigenvalue weighted by atomic mass is 10.4. The second-order valence-electron chi connectivity index (χ2n) is 3.13. The van der Waals surface area contributed by atoms with E-state index in [9.17, 15) is 8.42 Å². The Hall–Kier alpha value is -1.20. The summed E-state index contributed by atoms with van der Waals surface area (Å²) in [5.41, 5.74) is 0. The number of hydrogen-bond acceptors (Lipinski definition) is 3. The molecule has 0 bridgehead atoms. The topological polar surface area (TPSA) is 47.0 Å². The molecular formula is C11H8BrNO2S. The first kappa shape index (κ1) is 11.3. The van der Waals surface area contributed by atoms with Gasteiger partial charge < -0.3 is 0 Å². The van der Waals surface area contributed by atoms with Crippen LogP contribution in [0.3, 0.4) is 0 Å². The van der Waals surface area contributed by atoms with Crippen molar-refractivity contribution in [1.29, 1.82) is 0 Å². The fourth-order valence-electron chi connectivity index (χ4n) is 1.24. The Balaban J connectivity index is 2.52. The summed E-state index contributed by atoms with van der Waals surface area (Å²) >= 11 is 3.21. The SMILES string of the molecule is O=S(=O)(c1ccccc1)c1ccc(Br)cn1. The van der Waals surface area contributed by atoms with Crippen LogP contribution in [-0.2, 0) is 9.84 Å². The molecule has 0 saturated heterocycles. The fraction of sp³-hybridized carbons (Fsp3) is 0. The molecule has 0 N–H and O–H groups in total. The number of rotatable bonds is 2. The molecule has 0 spiro atoms. The van der Waals surface area contributed by atoms with Crippen LogP contribution in [0.25, 0.3) is 0 Å². The molecule has 0 fully saturated rings. The van der Waals surface area contributed by atoms with Gasteiger partial charge in [-0.15, -0.1) is 0 Å². The zero-order valence-electron chi connectivity index (χ0n) is 8.17. The number of sulfone groups is 1. The molecule has 1 heterocycles. The van der Waals surface area contributed by atoms with Crippen LogP contribution >= 0.6 is 15.9 Å². The minimum absolute atomic E-state index is 0.0573. The van der Waals surface area contributed by atoms with E-state index >= 15 is 0 Å². The summed E-state index contributed by atoms with van der Waals surface area (Å²) in [6.45, 7) is 0. The highest BCUT2D eigenvalue weighted by Crippen LogP contribution is 2.19. The molecule has 1 aromatic heterocycles. The lowest BCUT2D eigenvalue weighted by Crippen LogP contribution is -2.03. The van der Waals surface area contributed by atoms with E-state index in [0.29, 0.717) is 0 Å². The Morgan fingerprint density at radius 1 is 1.00 bits per heavy atom. The summed E-state index contributed by atoms with van der Waals surface area (Å²) in [5.74, 6) is 0. The van der Waals surface area contributed by atoms with Crippen molar-refractivity contribution >= 4 is 25.8 Å². The van der Waals surface area contributed by atoms with Crippen LogP contribution in [0.4, 0.5) is 0 Å². The van der Waals surface area contributed by atoms with Gasteiger partial charge in [0, 0.05) is 10.7 Å². The summed E-state index contributed by atoms with van der Waals surface area (Å²) in [7, 11) is -3.49. The van der Waals surface area contributed by atoms with E-state index in [0.717, 1.165) is 4.47 Å². The van der Waals surface area contributed by atoms with Crippen LogP contribution in [0.2, 0.25) is 0 Å². The quantitative estimate of drug-likeness (QED) is 0.856. The van der Waals surface area contributed by atoms with Gasteiger partial charge in [-0.25, -0.2) is 13.4 Å². The first-order valence-electron chi connectivity index (χ1n) is 4.52. The Kier molecular flexibility index (Phi) is 3.07. The van der Waals surface area contributed by atoms with Gasteiger partial charge >= 0.3 is 0 Å². The smallest absolute Gasteiger partial charge is 0.223 e. The maximum Gasteiger partial charge on any atom is 0.223 e. The molecule has 0 atom stereocenters. The van der Waals surface area contributed by atoms with Crippen molar-refractivity contribution in [2.75, 3.05) is 0 Å². The molecule has 0 amide bonds. The van der Waals surface area contributed by atoms with Crippen LogP contribution in [-0.4, -0.2) is 13.4 Å². The van der Waals surface area contributed by atoms with Crippen molar-refractivity contribution in [1.82, 2.24) is 4.98 Å². The molecule has 16 heavy (non-hydrogen) atoms. The van der Waals surface area contributed by atoms with Gasteiger partial charge in [0.15, 0.2) is 5.03 Å². The van der Waals surface area contributed by atoms with Gasteiger partial charge in [0.2, 0.25) is 9.84 Å². The summed E-state index contributed by atoms with van der Waals surface area (Å²) in [6, 6.07) is 11.4. The van der Waals surface area contributed by atoms with Gasteiger partial charge in [0.25, 0.3) is 0 Å². The molecule has 5 heteroatoms. The van der Waals surface area contributed by atoms with E-state index in [-0.39, 0.29) is 9.92 Å². The van der Waals surface area contributed by atoms with E-state index < -0.39 is 9.84 Å². The van der Waals surface area contributed by atoms with Crippen LogP contribution in [0.15, 0.2) is 63.1 Å². The van der Waals surface area contributed by atoms with Crippen LogP contribution in [0.1, 0.15) is 0 Å². The van der Waals surface area contributed by atoms with E-state index in [4.69, 9.17) is 0 Å². The van der Waals surface area contributed by atoms with Crippen molar-refractivity contribution in [3.8, 4) is 0 Å². The average Bonchev–Trinajstić information content (AvgIpc) is 2.31. The number of benzene rings is 1. The molecule has 1 aromatic carbocycles. The predicted molar refractivity (Wildman–Crippen MR) is 63.8 cm³/mol. The van der Waals surface area contributed by atoms with Gasteiger partial charge in [-0.3, -0.25) is 0 Å². The lowest BCUT2D eigenvalue weighted by Gasteiger charge is -2.02. The fourth-order valence-corrected chi connectivity index (χ4v) is 2.67. The molecule has 0 saturated carbocycles. The first-order valence-corrected chi connectivity index (χ1v) is 6.80. The minimum Gasteiger partial charge on any atom is -0.243 e. The molecule has 0 aliphatic heterocycles. The third-order valence-electron chi connectivity index (χ3n) is 2.03. The standard InChI is InChI=1S/C11H8BrNO2S/c12-9-6-7-11(13-8-9)16(14,15)10-4-2-1-3-5-10/h1-8H. The first-order chi connectivity index (χ1) is 7.60. The van der Waals surface area contributed by atoms with Gasteiger partial charge in [-0.05, 0) is 40.2 Å². The van der Waals surface area contributed by atoms with E-state index in [2.05, 4.69) is 20.9 Å². The van der Waals surface area contributed by atoms with E-state index in [1.165, 1.54) is 12.3 Å². The van der Waals surface area contributed by atoms with Crippen molar-refractivity contribution in [3.63, 3.8) is 0 Å². The molecule has 82 valence electrons. The maximum absolute atomic E-state index is 12.1. The minimum atomic E-state index is -3.49. The summed E-state index contributed by atoms with van der Waals surface area (Å²) < 4.78 is 24.9. The predicted octanol–water partition coefficient (Wildman–Crippen LogP) is 2.68. The summed E-state index contributed by atoms with van der Waals surface area (Å²) in [6.07, 6.45) is 1.47. The van der Waals surface area contributed by atoms with Gasteiger partial charge in [0.1, 0.15) is 0 Å². The Morgan fingerprint density at radius 3 is 2.25 bits per heavy atom. The van der Waals surface area contributed by atoms with Crippen molar-refractivity contribution in [2.24, 2.45) is 0 Å². The lowest BCUT2D eigenvalue weighted by molar-refractivity contribution is 0.592. The van der Waals surface area contributed by atoms with E-state index in [1.54, 1.807) is 36.4 Å². The highest BCUT2D eigenvalue weighted by atomic mass is 79.9.